The summed E-state index contributed by atoms with van der Waals surface area (Å²) in [7, 11) is 2.16. The van der Waals surface area contributed by atoms with Crippen molar-refractivity contribution < 1.29 is 0 Å². The summed E-state index contributed by atoms with van der Waals surface area (Å²) in [5.74, 6) is 0.915. The Balaban J connectivity index is 1.93. The van der Waals surface area contributed by atoms with Crippen LogP contribution in [0, 0.1) is 11.3 Å². The van der Waals surface area contributed by atoms with E-state index in [0.717, 1.165) is 56.8 Å². The zero-order valence-electron chi connectivity index (χ0n) is 11.5. The van der Waals surface area contributed by atoms with Gasteiger partial charge in [0.25, 0.3) is 0 Å². The van der Waals surface area contributed by atoms with Crippen LogP contribution in [-0.4, -0.2) is 43.1 Å². The van der Waals surface area contributed by atoms with Crippen LogP contribution in [-0.2, 0) is 12.8 Å². The lowest BCUT2D eigenvalue weighted by molar-refractivity contribution is 0.360. The first kappa shape index (κ1) is 12.4. The molecule has 1 fully saturated rings. The molecule has 0 N–H and O–H groups in total. The van der Waals surface area contributed by atoms with E-state index >= 15 is 0 Å². The Kier molecular flexibility index (Phi) is 3.39. The van der Waals surface area contributed by atoms with Crippen molar-refractivity contribution in [1.82, 2.24) is 9.88 Å². The lowest BCUT2D eigenvalue weighted by atomic mass is 10.1. The van der Waals surface area contributed by atoms with Gasteiger partial charge in [-0.25, -0.2) is 4.98 Å². The van der Waals surface area contributed by atoms with E-state index in [1.807, 2.05) is 0 Å². The van der Waals surface area contributed by atoms with Gasteiger partial charge in [-0.3, -0.25) is 0 Å². The van der Waals surface area contributed by atoms with E-state index in [1.165, 1.54) is 17.7 Å². The standard InChI is InChI=1S/C15H20N4/c1-18-6-3-7-19(9-8-18)15-13(11-16)10-12-4-2-5-14(12)17-15/h10H,2-9H2,1H3. The fourth-order valence-corrected chi connectivity index (χ4v) is 3.04. The number of likely N-dealkylation sites (N-methyl/N-ethyl adjacent to an activating group) is 1. The van der Waals surface area contributed by atoms with Crippen LogP contribution in [0.3, 0.4) is 0 Å². The minimum Gasteiger partial charge on any atom is -0.354 e. The van der Waals surface area contributed by atoms with Gasteiger partial charge < -0.3 is 9.80 Å². The van der Waals surface area contributed by atoms with Crippen molar-refractivity contribution in [2.45, 2.75) is 25.7 Å². The normalized spacial score (nSPS) is 19.9. The Morgan fingerprint density at radius 1 is 1.16 bits per heavy atom. The molecule has 1 aliphatic heterocycles. The lowest BCUT2D eigenvalue weighted by Crippen LogP contribution is -2.30. The lowest BCUT2D eigenvalue weighted by Gasteiger charge is -2.23. The fourth-order valence-electron chi connectivity index (χ4n) is 3.04. The minimum atomic E-state index is 0.755. The molecule has 0 aromatic carbocycles. The average molecular weight is 256 g/mol. The van der Waals surface area contributed by atoms with Gasteiger partial charge in [0.2, 0.25) is 0 Å². The highest BCUT2D eigenvalue weighted by atomic mass is 15.2. The summed E-state index contributed by atoms with van der Waals surface area (Å²) >= 11 is 0. The van der Waals surface area contributed by atoms with Crippen molar-refractivity contribution in [2.75, 3.05) is 38.1 Å². The summed E-state index contributed by atoms with van der Waals surface area (Å²) < 4.78 is 0. The molecule has 1 aromatic heterocycles. The molecule has 0 radical (unpaired) electrons. The predicted molar refractivity (Wildman–Crippen MR) is 75.3 cm³/mol. The number of fused-ring (bicyclic) bond motifs is 1. The van der Waals surface area contributed by atoms with Gasteiger partial charge in [-0.2, -0.15) is 5.26 Å². The van der Waals surface area contributed by atoms with Gasteiger partial charge >= 0.3 is 0 Å². The van der Waals surface area contributed by atoms with Crippen molar-refractivity contribution in [3.63, 3.8) is 0 Å². The van der Waals surface area contributed by atoms with Crippen LogP contribution in [0.1, 0.15) is 29.7 Å². The van der Waals surface area contributed by atoms with Crippen LogP contribution in [0.25, 0.3) is 0 Å². The summed E-state index contributed by atoms with van der Waals surface area (Å²) in [6.07, 6.45) is 4.47. The second-order valence-corrected chi connectivity index (χ2v) is 5.57. The van der Waals surface area contributed by atoms with Gasteiger partial charge in [0.05, 0.1) is 5.56 Å². The Bertz CT molecular complexity index is 518. The minimum absolute atomic E-state index is 0.755. The Labute approximate surface area is 114 Å². The van der Waals surface area contributed by atoms with Crippen LogP contribution < -0.4 is 4.90 Å². The number of aryl methyl sites for hydroxylation is 2. The summed E-state index contributed by atoms with van der Waals surface area (Å²) in [6.45, 7) is 4.15. The predicted octanol–water partition coefficient (Wildman–Crippen LogP) is 1.58. The topological polar surface area (TPSA) is 43.2 Å². The third-order valence-corrected chi connectivity index (χ3v) is 4.17. The highest BCUT2D eigenvalue weighted by Crippen LogP contribution is 2.27. The SMILES string of the molecule is CN1CCCN(c2nc3c(cc2C#N)CCC3)CC1. The van der Waals surface area contributed by atoms with E-state index in [1.54, 1.807) is 0 Å². The molecule has 0 unspecified atom stereocenters. The number of rotatable bonds is 1. The number of aromatic nitrogens is 1. The molecule has 1 saturated heterocycles. The number of nitrogens with zero attached hydrogens (tertiary/aromatic N) is 4. The van der Waals surface area contributed by atoms with Gasteiger partial charge in [-0.05, 0) is 50.9 Å². The average Bonchev–Trinajstić information content (AvgIpc) is 2.77. The third kappa shape index (κ3) is 2.43. The Hall–Kier alpha value is -1.60. The molecule has 1 aliphatic carbocycles. The second kappa shape index (κ2) is 5.18. The molecule has 4 nitrogen and oxygen atoms in total. The van der Waals surface area contributed by atoms with Crippen molar-refractivity contribution in [3.8, 4) is 6.07 Å². The summed E-state index contributed by atoms with van der Waals surface area (Å²) in [5, 5.41) is 9.38. The first-order valence-corrected chi connectivity index (χ1v) is 7.14. The number of nitriles is 1. The largest absolute Gasteiger partial charge is 0.354 e. The van der Waals surface area contributed by atoms with Crippen LogP contribution >= 0.6 is 0 Å². The van der Waals surface area contributed by atoms with Crippen LogP contribution in [0.2, 0.25) is 0 Å². The van der Waals surface area contributed by atoms with Gasteiger partial charge in [0, 0.05) is 25.3 Å². The van der Waals surface area contributed by atoms with Crippen LogP contribution in [0.5, 0.6) is 0 Å². The van der Waals surface area contributed by atoms with E-state index in [-0.39, 0.29) is 0 Å². The molecule has 0 atom stereocenters. The molecule has 0 amide bonds. The smallest absolute Gasteiger partial charge is 0.146 e. The number of hydrogen-bond donors (Lipinski definition) is 0. The van der Waals surface area contributed by atoms with E-state index in [2.05, 4.69) is 29.0 Å². The van der Waals surface area contributed by atoms with E-state index in [0.29, 0.717) is 0 Å². The molecule has 19 heavy (non-hydrogen) atoms. The summed E-state index contributed by atoms with van der Waals surface area (Å²) in [5.41, 5.74) is 3.25. The molecule has 4 heteroatoms. The maximum Gasteiger partial charge on any atom is 0.146 e. The summed E-state index contributed by atoms with van der Waals surface area (Å²) in [6, 6.07) is 4.41. The molecule has 1 aromatic rings. The molecule has 2 aliphatic rings. The molecule has 0 bridgehead atoms. The zero-order chi connectivity index (χ0) is 13.2. The van der Waals surface area contributed by atoms with Gasteiger partial charge in [-0.1, -0.05) is 0 Å². The molecule has 100 valence electrons. The zero-order valence-corrected chi connectivity index (χ0v) is 11.5. The molecule has 0 spiro atoms. The fraction of sp³-hybridized carbons (Fsp3) is 0.600. The molecule has 3 rings (SSSR count). The second-order valence-electron chi connectivity index (χ2n) is 5.57. The van der Waals surface area contributed by atoms with Crippen molar-refractivity contribution in [3.05, 3.63) is 22.9 Å². The van der Waals surface area contributed by atoms with Gasteiger partial charge in [0.1, 0.15) is 11.9 Å². The third-order valence-electron chi connectivity index (χ3n) is 4.17. The van der Waals surface area contributed by atoms with E-state index in [4.69, 9.17) is 4.98 Å². The van der Waals surface area contributed by atoms with Crippen LogP contribution in [0.4, 0.5) is 5.82 Å². The van der Waals surface area contributed by atoms with Crippen molar-refractivity contribution in [2.24, 2.45) is 0 Å². The monoisotopic (exact) mass is 256 g/mol. The Morgan fingerprint density at radius 3 is 2.89 bits per heavy atom. The molecular formula is C15H20N4. The van der Waals surface area contributed by atoms with E-state index < -0.39 is 0 Å². The number of anilines is 1. The van der Waals surface area contributed by atoms with Gasteiger partial charge in [0.15, 0.2) is 0 Å². The van der Waals surface area contributed by atoms with Crippen molar-refractivity contribution >= 4 is 5.82 Å². The first-order chi connectivity index (χ1) is 9.28. The molecule has 0 saturated carbocycles. The maximum absolute atomic E-state index is 9.38. The Morgan fingerprint density at radius 2 is 2.05 bits per heavy atom. The highest BCUT2D eigenvalue weighted by molar-refractivity contribution is 5.57. The molecular weight excluding hydrogens is 236 g/mol. The summed E-state index contributed by atoms with van der Waals surface area (Å²) in [4.78, 5) is 9.44. The molecule has 2 heterocycles. The van der Waals surface area contributed by atoms with Crippen LogP contribution in [0.15, 0.2) is 6.07 Å². The first-order valence-electron chi connectivity index (χ1n) is 7.14. The number of pyridine rings is 1. The maximum atomic E-state index is 9.38. The number of hydrogen-bond acceptors (Lipinski definition) is 4. The quantitative estimate of drug-likeness (QED) is 0.765. The highest BCUT2D eigenvalue weighted by Gasteiger charge is 2.21. The van der Waals surface area contributed by atoms with E-state index in [9.17, 15) is 5.26 Å². The van der Waals surface area contributed by atoms with Crippen molar-refractivity contribution in [1.29, 1.82) is 5.26 Å². The van der Waals surface area contributed by atoms with Gasteiger partial charge in [-0.15, -0.1) is 0 Å².